The van der Waals surface area contributed by atoms with Gasteiger partial charge in [-0.05, 0) is 57.2 Å². The third-order valence-electron chi connectivity index (χ3n) is 5.74. The van der Waals surface area contributed by atoms with E-state index in [1.54, 1.807) is 5.57 Å². The lowest BCUT2D eigenvalue weighted by molar-refractivity contribution is 0.754. The number of hydrogen-bond donors (Lipinski definition) is 0. The predicted molar refractivity (Wildman–Crippen MR) is 118 cm³/mol. The average Bonchev–Trinajstić information content (AvgIpc) is 3.12. The molecule has 0 amide bonds. The van der Waals surface area contributed by atoms with Crippen LogP contribution in [0.25, 0.3) is 28.3 Å². The Balaban J connectivity index is 2.00. The molecular weight excluding hydrogens is 324 g/mol. The number of benzene rings is 3. The summed E-state index contributed by atoms with van der Waals surface area (Å²) in [6.07, 6.45) is 3.55. The van der Waals surface area contributed by atoms with Crippen LogP contribution in [-0.4, -0.2) is 0 Å². The zero-order chi connectivity index (χ0) is 19.0. The van der Waals surface area contributed by atoms with Crippen LogP contribution in [0.1, 0.15) is 50.3 Å². The Labute approximate surface area is 163 Å². The first-order valence-corrected chi connectivity index (χ1v) is 10.1. The van der Waals surface area contributed by atoms with E-state index in [-0.39, 0.29) is 0 Å². The molecule has 0 N–H and O–H groups in total. The zero-order valence-electron chi connectivity index (χ0n) is 16.8. The second-order valence-corrected chi connectivity index (χ2v) is 8.22. The molecule has 0 heterocycles. The summed E-state index contributed by atoms with van der Waals surface area (Å²) in [4.78, 5) is 0. The highest BCUT2D eigenvalue weighted by Gasteiger charge is 2.23. The summed E-state index contributed by atoms with van der Waals surface area (Å²) < 4.78 is 0. The summed E-state index contributed by atoms with van der Waals surface area (Å²) in [5, 5.41) is 0. The molecule has 1 aliphatic carbocycles. The van der Waals surface area contributed by atoms with Gasteiger partial charge in [-0.2, -0.15) is 0 Å². The Bertz CT molecular complexity index is 988. The van der Waals surface area contributed by atoms with Crippen molar-refractivity contribution in [2.75, 3.05) is 0 Å². The minimum absolute atomic E-state index is 0.491. The highest BCUT2D eigenvalue weighted by Crippen LogP contribution is 2.43. The van der Waals surface area contributed by atoms with Crippen LogP contribution in [0.3, 0.4) is 0 Å². The topological polar surface area (TPSA) is 0 Å². The third-order valence-corrected chi connectivity index (χ3v) is 5.74. The summed E-state index contributed by atoms with van der Waals surface area (Å²) in [5.41, 5.74) is 11.3. The van der Waals surface area contributed by atoms with Crippen molar-refractivity contribution in [1.29, 1.82) is 0 Å². The SMILES string of the molecule is CC(C)C1=Cc2c(ccc(C(C)C)c2-c2ccccc2-c2ccccc2)C1. The normalized spacial score (nSPS) is 13.2. The van der Waals surface area contributed by atoms with Gasteiger partial charge >= 0.3 is 0 Å². The van der Waals surface area contributed by atoms with Crippen molar-refractivity contribution in [2.45, 2.75) is 40.0 Å². The maximum atomic E-state index is 2.46. The van der Waals surface area contributed by atoms with Gasteiger partial charge in [-0.15, -0.1) is 0 Å². The Kier molecular flexibility index (Phi) is 4.74. The summed E-state index contributed by atoms with van der Waals surface area (Å²) in [5.74, 6) is 1.09. The van der Waals surface area contributed by atoms with Gasteiger partial charge in [0.1, 0.15) is 0 Å². The lowest BCUT2D eigenvalue weighted by Crippen LogP contribution is -1.99. The fourth-order valence-electron chi connectivity index (χ4n) is 4.18. The molecule has 0 spiro atoms. The molecular formula is C27H28. The van der Waals surface area contributed by atoms with E-state index < -0.39 is 0 Å². The molecule has 0 saturated carbocycles. The van der Waals surface area contributed by atoms with E-state index in [0.717, 1.165) is 6.42 Å². The first-order valence-electron chi connectivity index (χ1n) is 10.1. The van der Waals surface area contributed by atoms with Crippen LogP contribution < -0.4 is 0 Å². The van der Waals surface area contributed by atoms with Gasteiger partial charge in [0.15, 0.2) is 0 Å². The molecule has 136 valence electrons. The lowest BCUT2D eigenvalue weighted by Gasteiger charge is -2.20. The van der Waals surface area contributed by atoms with Crippen LogP contribution in [0.5, 0.6) is 0 Å². The minimum Gasteiger partial charge on any atom is -0.0626 e. The van der Waals surface area contributed by atoms with Crippen molar-refractivity contribution in [1.82, 2.24) is 0 Å². The molecule has 0 fully saturated rings. The van der Waals surface area contributed by atoms with Crippen LogP contribution in [0.2, 0.25) is 0 Å². The van der Waals surface area contributed by atoms with Crippen molar-refractivity contribution < 1.29 is 0 Å². The number of fused-ring (bicyclic) bond motifs is 1. The van der Waals surface area contributed by atoms with E-state index in [9.17, 15) is 0 Å². The van der Waals surface area contributed by atoms with Crippen molar-refractivity contribution in [2.24, 2.45) is 5.92 Å². The van der Waals surface area contributed by atoms with Crippen molar-refractivity contribution in [3.05, 3.63) is 89.0 Å². The van der Waals surface area contributed by atoms with Gasteiger partial charge in [-0.25, -0.2) is 0 Å². The third kappa shape index (κ3) is 3.25. The molecule has 0 nitrogen and oxygen atoms in total. The molecule has 3 aromatic rings. The molecule has 1 aliphatic rings. The Morgan fingerprint density at radius 1 is 0.667 bits per heavy atom. The smallest absolute Gasteiger partial charge is 0.00550 e. The maximum absolute atomic E-state index is 2.46. The van der Waals surface area contributed by atoms with Gasteiger partial charge in [0, 0.05) is 0 Å². The van der Waals surface area contributed by atoms with E-state index in [0.29, 0.717) is 11.8 Å². The highest BCUT2D eigenvalue weighted by molar-refractivity contribution is 5.91. The molecule has 0 unspecified atom stereocenters. The van der Waals surface area contributed by atoms with Crippen molar-refractivity contribution in [3.63, 3.8) is 0 Å². The predicted octanol–water partition coefficient (Wildman–Crippen LogP) is 7.74. The molecule has 0 aliphatic heterocycles. The van der Waals surface area contributed by atoms with E-state index in [4.69, 9.17) is 0 Å². The van der Waals surface area contributed by atoms with E-state index >= 15 is 0 Å². The van der Waals surface area contributed by atoms with E-state index in [1.165, 1.54) is 38.9 Å². The van der Waals surface area contributed by atoms with Gasteiger partial charge < -0.3 is 0 Å². The van der Waals surface area contributed by atoms with Gasteiger partial charge in [0.25, 0.3) is 0 Å². The monoisotopic (exact) mass is 352 g/mol. The molecule has 0 heteroatoms. The van der Waals surface area contributed by atoms with E-state index in [1.807, 2.05) is 0 Å². The number of rotatable bonds is 4. The van der Waals surface area contributed by atoms with Crippen molar-refractivity contribution >= 4 is 6.08 Å². The molecule has 3 aromatic carbocycles. The standard InChI is InChI=1S/C27H28/c1-18(2)22-16-21-14-15-23(19(3)4)27(26(21)17-22)25-13-9-8-12-24(25)20-10-6-5-7-11-20/h5-15,17-19H,16H2,1-4H3. The van der Waals surface area contributed by atoms with Gasteiger partial charge in [-0.3, -0.25) is 0 Å². The van der Waals surface area contributed by atoms with E-state index in [2.05, 4.69) is 101 Å². The zero-order valence-corrected chi connectivity index (χ0v) is 16.8. The number of hydrogen-bond acceptors (Lipinski definition) is 0. The van der Waals surface area contributed by atoms with Gasteiger partial charge in [-0.1, -0.05) is 106 Å². The van der Waals surface area contributed by atoms with Crippen LogP contribution in [0.15, 0.2) is 72.3 Å². The fourth-order valence-corrected chi connectivity index (χ4v) is 4.18. The van der Waals surface area contributed by atoms with Crippen LogP contribution in [-0.2, 0) is 6.42 Å². The van der Waals surface area contributed by atoms with Gasteiger partial charge in [0.2, 0.25) is 0 Å². The maximum Gasteiger partial charge on any atom is -0.00550 e. The highest BCUT2D eigenvalue weighted by atomic mass is 14.3. The second kappa shape index (κ2) is 7.19. The quantitative estimate of drug-likeness (QED) is 0.450. The fraction of sp³-hybridized carbons (Fsp3) is 0.259. The first kappa shape index (κ1) is 17.8. The summed E-state index contributed by atoms with van der Waals surface area (Å²) in [6.45, 7) is 9.22. The van der Waals surface area contributed by atoms with Crippen LogP contribution in [0, 0.1) is 5.92 Å². The first-order chi connectivity index (χ1) is 13.1. The summed E-state index contributed by atoms with van der Waals surface area (Å²) in [7, 11) is 0. The van der Waals surface area contributed by atoms with Crippen LogP contribution in [0.4, 0.5) is 0 Å². The Morgan fingerprint density at radius 3 is 2.00 bits per heavy atom. The van der Waals surface area contributed by atoms with Crippen molar-refractivity contribution in [3.8, 4) is 22.3 Å². The second-order valence-electron chi connectivity index (χ2n) is 8.22. The molecule has 0 aromatic heterocycles. The van der Waals surface area contributed by atoms with Gasteiger partial charge in [0.05, 0.1) is 0 Å². The summed E-state index contributed by atoms with van der Waals surface area (Å²) in [6, 6.07) is 24.4. The Morgan fingerprint density at radius 2 is 1.33 bits per heavy atom. The molecule has 27 heavy (non-hydrogen) atoms. The van der Waals surface area contributed by atoms with Crippen LogP contribution >= 0.6 is 0 Å². The molecule has 0 atom stereocenters. The molecule has 0 saturated heterocycles. The largest absolute Gasteiger partial charge is 0.0626 e. The minimum atomic E-state index is 0.491. The lowest BCUT2D eigenvalue weighted by atomic mass is 9.84. The molecule has 0 bridgehead atoms. The average molecular weight is 353 g/mol. The summed E-state index contributed by atoms with van der Waals surface area (Å²) >= 11 is 0. The molecule has 0 radical (unpaired) electrons. The number of allylic oxidation sites excluding steroid dienone is 1. The Hall–Kier alpha value is -2.60. The molecule has 4 rings (SSSR count).